The van der Waals surface area contributed by atoms with Crippen molar-refractivity contribution in [3.05, 3.63) is 53.6 Å². The number of carbonyl (C=O) groups is 2. The number of aromatic nitrogens is 1. The van der Waals surface area contributed by atoms with Crippen LogP contribution in [0.2, 0.25) is 5.02 Å². The van der Waals surface area contributed by atoms with Crippen LogP contribution in [-0.2, 0) is 14.3 Å². The number of benzene rings is 2. The van der Waals surface area contributed by atoms with Crippen molar-refractivity contribution >= 4 is 55.8 Å². The zero-order valence-corrected chi connectivity index (χ0v) is 18.4. The molecule has 1 aromatic heterocycles. The second-order valence-electron chi connectivity index (χ2n) is 7.91. The van der Waals surface area contributed by atoms with Crippen LogP contribution in [0.4, 0.5) is 10.8 Å². The van der Waals surface area contributed by atoms with Gasteiger partial charge in [-0.2, -0.15) is 0 Å². The fraction of sp³-hybridized carbons (Fsp3) is 0.348. The van der Waals surface area contributed by atoms with Gasteiger partial charge in [0.25, 0.3) is 0 Å². The van der Waals surface area contributed by atoms with E-state index in [1.54, 1.807) is 15.9 Å². The Labute approximate surface area is 189 Å². The Bertz CT molecular complexity index is 1110. The van der Waals surface area contributed by atoms with Gasteiger partial charge >= 0.3 is 0 Å². The van der Waals surface area contributed by atoms with Gasteiger partial charge < -0.3 is 9.64 Å². The van der Waals surface area contributed by atoms with Gasteiger partial charge in [0.2, 0.25) is 11.8 Å². The summed E-state index contributed by atoms with van der Waals surface area (Å²) in [5.41, 5.74) is 1.52. The predicted octanol–water partition coefficient (Wildman–Crippen LogP) is 4.51. The normalized spacial score (nSPS) is 21.2. The van der Waals surface area contributed by atoms with Crippen LogP contribution in [0.15, 0.2) is 48.5 Å². The van der Waals surface area contributed by atoms with Crippen LogP contribution >= 0.6 is 22.9 Å². The van der Waals surface area contributed by atoms with Gasteiger partial charge in [-0.15, -0.1) is 0 Å². The molecule has 2 fully saturated rings. The number of rotatable bonds is 5. The molecule has 0 radical (unpaired) electrons. The first-order chi connectivity index (χ1) is 15.1. The standard InChI is InChI=1S/C23H22ClN3O3S/c24-18-9-4-10-19-21(18)25-23(31-19)27(14-17-8-5-11-30-17)22(29)15-12-20(28)26(13-15)16-6-2-1-3-7-16/h1-4,6-7,9-10,15,17H,5,8,11-14H2. The number of fused-ring (bicyclic) bond motifs is 1. The van der Waals surface area contributed by atoms with E-state index in [4.69, 9.17) is 16.3 Å². The molecule has 3 aromatic rings. The molecule has 0 aliphatic carbocycles. The molecular weight excluding hydrogens is 434 g/mol. The third-order valence-electron chi connectivity index (χ3n) is 5.81. The molecule has 3 heterocycles. The molecule has 2 amide bonds. The molecule has 2 aliphatic rings. The number of nitrogens with zero attached hydrogens (tertiary/aromatic N) is 3. The van der Waals surface area contributed by atoms with Crippen molar-refractivity contribution in [2.24, 2.45) is 5.92 Å². The Kier molecular flexibility index (Phi) is 5.65. The minimum atomic E-state index is -0.420. The number of carbonyl (C=O) groups excluding carboxylic acids is 2. The van der Waals surface area contributed by atoms with E-state index in [1.807, 2.05) is 42.5 Å². The number of ether oxygens (including phenoxy) is 1. The molecule has 31 heavy (non-hydrogen) atoms. The van der Waals surface area contributed by atoms with Gasteiger partial charge in [0.1, 0.15) is 5.52 Å². The van der Waals surface area contributed by atoms with E-state index in [2.05, 4.69) is 4.98 Å². The van der Waals surface area contributed by atoms with Crippen molar-refractivity contribution in [1.29, 1.82) is 0 Å². The number of thiazole rings is 1. The summed E-state index contributed by atoms with van der Waals surface area (Å²) in [7, 11) is 0. The van der Waals surface area contributed by atoms with Gasteiger partial charge in [-0.05, 0) is 37.1 Å². The fourth-order valence-electron chi connectivity index (χ4n) is 4.22. The van der Waals surface area contributed by atoms with E-state index in [0.29, 0.717) is 35.4 Å². The minimum absolute atomic E-state index is 0.0197. The van der Waals surface area contributed by atoms with E-state index in [-0.39, 0.29) is 24.3 Å². The first kappa shape index (κ1) is 20.4. The third-order valence-corrected chi connectivity index (χ3v) is 7.16. The highest BCUT2D eigenvalue weighted by atomic mass is 35.5. The van der Waals surface area contributed by atoms with Crippen LogP contribution in [-0.4, -0.2) is 42.6 Å². The Balaban J connectivity index is 1.44. The second-order valence-corrected chi connectivity index (χ2v) is 9.32. The summed E-state index contributed by atoms with van der Waals surface area (Å²) in [6.45, 7) is 1.52. The molecule has 0 bridgehead atoms. The molecule has 0 N–H and O–H groups in total. The molecule has 2 aliphatic heterocycles. The highest BCUT2D eigenvalue weighted by Crippen LogP contribution is 2.35. The van der Waals surface area contributed by atoms with Crippen molar-refractivity contribution in [2.45, 2.75) is 25.4 Å². The Morgan fingerprint density at radius 3 is 2.81 bits per heavy atom. The van der Waals surface area contributed by atoms with Crippen LogP contribution in [0.3, 0.4) is 0 Å². The quantitative estimate of drug-likeness (QED) is 0.567. The lowest BCUT2D eigenvalue weighted by molar-refractivity contribution is -0.124. The topological polar surface area (TPSA) is 62.7 Å². The molecule has 2 aromatic carbocycles. The van der Waals surface area contributed by atoms with Gasteiger partial charge in [-0.25, -0.2) is 4.98 Å². The van der Waals surface area contributed by atoms with Gasteiger partial charge in [-0.3, -0.25) is 14.5 Å². The Hall–Kier alpha value is -2.48. The molecule has 8 heteroatoms. The fourth-order valence-corrected chi connectivity index (χ4v) is 5.50. The van der Waals surface area contributed by atoms with E-state index < -0.39 is 5.92 Å². The summed E-state index contributed by atoms with van der Waals surface area (Å²) in [5.74, 6) is -0.539. The number of hydrogen-bond acceptors (Lipinski definition) is 5. The molecule has 2 atom stereocenters. The van der Waals surface area contributed by atoms with E-state index in [9.17, 15) is 9.59 Å². The van der Waals surface area contributed by atoms with Crippen molar-refractivity contribution in [1.82, 2.24) is 4.98 Å². The van der Waals surface area contributed by atoms with Crippen LogP contribution in [0.5, 0.6) is 0 Å². The van der Waals surface area contributed by atoms with Crippen molar-refractivity contribution < 1.29 is 14.3 Å². The number of para-hydroxylation sites is 2. The van der Waals surface area contributed by atoms with Crippen LogP contribution in [0.25, 0.3) is 10.2 Å². The van der Waals surface area contributed by atoms with Crippen molar-refractivity contribution in [3.63, 3.8) is 0 Å². The van der Waals surface area contributed by atoms with Gasteiger partial charge in [0.05, 0.1) is 28.3 Å². The summed E-state index contributed by atoms with van der Waals surface area (Å²) in [4.78, 5) is 34.4. The summed E-state index contributed by atoms with van der Waals surface area (Å²) in [6.07, 6.45) is 2.08. The number of halogens is 1. The largest absolute Gasteiger partial charge is 0.376 e. The van der Waals surface area contributed by atoms with Gasteiger partial charge in [0.15, 0.2) is 5.13 Å². The number of hydrogen-bond donors (Lipinski definition) is 0. The summed E-state index contributed by atoms with van der Waals surface area (Å²) in [5, 5.41) is 1.17. The number of anilines is 2. The maximum atomic E-state index is 13.6. The van der Waals surface area contributed by atoms with Gasteiger partial charge in [-0.1, -0.05) is 47.2 Å². The maximum absolute atomic E-state index is 13.6. The Morgan fingerprint density at radius 1 is 1.23 bits per heavy atom. The highest BCUT2D eigenvalue weighted by molar-refractivity contribution is 7.22. The molecule has 2 unspecified atom stereocenters. The van der Waals surface area contributed by atoms with Crippen LogP contribution in [0, 0.1) is 5.92 Å². The van der Waals surface area contributed by atoms with Crippen LogP contribution in [0.1, 0.15) is 19.3 Å². The molecule has 0 spiro atoms. The summed E-state index contributed by atoms with van der Waals surface area (Å²) in [6, 6.07) is 15.1. The maximum Gasteiger partial charge on any atom is 0.234 e. The Morgan fingerprint density at radius 2 is 2.06 bits per heavy atom. The zero-order valence-electron chi connectivity index (χ0n) is 16.9. The first-order valence-corrected chi connectivity index (χ1v) is 11.6. The monoisotopic (exact) mass is 455 g/mol. The molecular formula is C23H22ClN3O3S. The highest BCUT2D eigenvalue weighted by Gasteiger charge is 2.39. The predicted molar refractivity (Wildman–Crippen MR) is 123 cm³/mol. The third kappa shape index (κ3) is 4.05. The molecule has 0 saturated carbocycles. The first-order valence-electron chi connectivity index (χ1n) is 10.4. The molecule has 2 saturated heterocycles. The van der Waals surface area contributed by atoms with Crippen molar-refractivity contribution in [3.8, 4) is 0 Å². The second kappa shape index (κ2) is 8.57. The molecule has 6 nitrogen and oxygen atoms in total. The smallest absolute Gasteiger partial charge is 0.234 e. The van der Waals surface area contributed by atoms with Crippen molar-refractivity contribution in [2.75, 3.05) is 29.5 Å². The molecule has 5 rings (SSSR count). The SMILES string of the molecule is O=C1CC(C(=O)N(CC2CCCO2)c2nc3c(Cl)cccc3s2)CN1c1ccccc1. The average molecular weight is 456 g/mol. The lowest BCUT2D eigenvalue weighted by Crippen LogP contribution is -2.42. The zero-order chi connectivity index (χ0) is 21.4. The number of amides is 2. The van der Waals surface area contributed by atoms with Crippen LogP contribution < -0.4 is 9.80 Å². The van der Waals surface area contributed by atoms with E-state index >= 15 is 0 Å². The lowest BCUT2D eigenvalue weighted by atomic mass is 10.1. The lowest BCUT2D eigenvalue weighted by Gasteiger charge is -2.25. The minimum Gasteiger partial charge on any atom is -0.376 e. The molecule has 160 valence electrons. The van der Waals surface area contributed by atoms with E-state index in [0.717, 1.165) is 23.2 Å². The summed E-state index contributed by atoms with van der Waals surface area (Å²) >= 11 is 7.77. The summed E-state index contributed by atoms with van der Waals surface area (Å²) < 4.78 is 6.74. The van der Waals surface area contributed by atoms with Gasteiger partial charge in [0, 0.05) is 25.3 Å². The average Bonchev–Trinajstić information content (AvgIpc) is 3.52. The van der Waals surface area contributed by atoms with E-state index in [1.165, 1.54) is 11.3 Å².